The lowest BCUT2D eigenvalue weighted by atomic mass is 9.97. The predicted molar refractivity (Wildman–Crippen MR) is 87.8 cm³/mol. The third kappa shape index (κ3) is 3.76. The van der Waals surface area contributed by atoms with Gasteiger partial charge in [0.15, 0.2) is 6.67 Å². The summed E-state index contributed by atoms with van der Waals surface area (Å²) in [5.74, 6) is 0.245. The van der Waals surface area contributed by atoms with Gasteiger partial charge in [-0.15, -0.1) is 0 Å². The fraction of sp³-hybridized carbons (Fsp3) is 0.556. The van der Waals surface area contributed by atoms with Crippen molar-refractivity contribution in [1.82, 2.24) is 4.90 Å². The summed E-state index contributed by atoms with van der Waals surface area (Å²) in [5.41, 5.74) is 0.879. The van der Waals surface area contributed by atoms with Gasteiger partial charge < -0.3 is 14.4 Å². The molecule has 6 nitrogen and oxygen atoms in total. The Bertz CT molecular complexity index is 594. The first-order chi connectivity index (χ1) is 11.5. The second-order valence-electron chi connectivity index (χ2n) is 6.67. The monoisotopic (exact) mass is 333 g/mol. The van der Waals surface area contributed by atoms with E-state index in [-0.39, 0.29) is 30.3 Å². The first-order valence-electron chi connectivity index (χ1n) is 8.56. The minimum absolute atomic E-state index is 0.0773. The maximum atomic E-state index is 12.7. The second-order valence-corrected chi connectivity index (χ2v) is 6.67. The molecule has 24 heavy (non-hydrogen) atoms. The summed E-state index contributed by atoms with van der Waals surface area (Å²) in [7, 11) is 0. The third-order valence-electron chi connectivity index (χ3n) is 4.48. The molecular weight excluding hydrogens is 308 g/mol. The Morgan fingerprint density at radius 2 is 1.88 bits per heavy atom. The molecule has 0 aromatic heterocycles. The highest BCUT2D eigenvalue weighted by molar-refractivity contribution is 6.06. The van der Waals surface area contributed by atoms with E-state index in [1.165, 1.54) is 9.80 Å². The lowest BCUT2D eigenvalue weighted by molar-refractivity contribution is -0.915. The molecule has 2 aliphatic rings. The molecule has 2 heterocycles. The number of hydrogen-bond donors (Lipinski definition) is 1. The summed E-state index contributed by atoms with van der Waals surface area (Å²) in [5, 5.41) is 0. The van der Waals surface area contributed by atoms with Gasteiger partial charge in [-0.25, -0.2) is 4.90 Å². The van der Waals surface area contributed by atoms with Crippen molar-refractivity contribution in [2.45, 2.75) is 32.3 Å². The van der Waals surface area contributed by atoms with Crippen LogP contribution in [0.2, 0.25) is 0 Å². The van der Waals surface area contributed by atoms with Gasteiger partial charge in [-0.1, -0.05) is 12.1 Å². The van der Waals surface area contributed by atoms with Gasteiger partial charge in [0, 0.05) is 6.42 Å². The molecule has 130 valence electrons. The average molecular weight is 333 g/mol. The topological polar surface area (TPSA) is 60.3 Å². The zero-order valence-corrected chi connectivity index (χ0v) is 14.3. The molecule has 2 fully saturated rings. The van der Waals surface area contributed by atoms with E-state index in [2.05, 4.69) is 0 Å². The number of imide groups is 1. The predicted octanol–water partition coefficient (Wildman–Crippen LogP) is 0.189. The molecule has 2 saturated heterocycles. The number of nitrogens with zero attached hydrogens (tertiary/aromatic N) is 1. The first-order valence-corrected chi connectivity index (χ1v) is 8.56. The molecular formula is C18H25N2O4+. The smallest absolute Gasteiger partial charge is 0.241 e. The molecule has 0 unspecified atom stereocenters. The number of benzene rings is 1. The average Bonchev–Trinajstić information content (AvgIpc) is 2.84. The highest BCUT2D eigenvalue weighted by atomic mass is 16.5. The Morgan fingerprint density at radius 1 is 1.21 bits per heavy atom. The van der Waals surface area contributed by atoms with Gasteiger partial charge >= 0.3 is 0 Å². The van der Waals surface area contributed by atoms with Gasteiger partial charge in [-0.05, 0) is 31.5 Å². The number of carbonyl (C=O) groups is 2. The number of rotatable bonds is 5. The van der Waals surface area contributed by atoms with Crippen LogP contribution in [0.3, 0.4) is 0 Å². The zero-order chi connectivity index (χ0) is 17.1. The Balaban J connectivity index is 1.66. The zero-order valence-electron chi connectivity index (χ0n) is 14.3. The van der Waals surface area contributed by atoms with Crippen LogP contribution in [0.1, 0.15) is 31.7 Å². The fourth-order valence-electron chi connectivity index (χ4n) is 3.20. The summed E-state index contributed by atoms with van der Waals surface area (Å²) in [6, 6.07) is 7.50. The summed E-state index contributed by atoms with van der Waals surface area (Å²) in [6.07, 6.45) is 0.366. The van der Waals surface area contributed by atoms with Crippen LogP contribution in [-0.2, 0) is 14.3 Å². The minimum Gasteiger partial charge on any atom is -0.491 e. The summed E-state index contributed by atoms with van der Waals surface area (Å²) < 4.78 is 10.9. The third-order valence-corrected chi connectivity index (χ3v) is 4.48. The highest BCUT2D eigenvalue weighted by Gasteiger charge is 2.41. The summed E-state index contributed by atoms with van der Waals surface area (Å²) in [4.78, 5) is 27.6. The van der Waals surface area contributed by atoms with E-state index in [9.17, 15) is 9.59 Å². The van der Waals surface area contributed by atoms with Crippen LogP contribution in [0.25, 0.3) is 0 Å². The van der Waals surface area contributed by atoms with Crippen LogP contribution in [0, 0.1) is 0 Å². The molecule has 2 aliphatic heterocycles. The van der Waals surface area contributed by atoms with Crippen molar-refractivity contribution >= 4 is 11.8 Å². The van der Waals surface area contributed by atoms with Gasteiger partial charge in [0.25, 0.3) is 0 Å². The number of likely N-dealkylation sites (tertiary alicyclic amines) is 1. The number of nitrogens with one attached hydrogen (secondary N) is 1. The normalized spacial score (nSPS) is 22.5. The van der Waals surface area contributed by atoms with Crippen molar-refractivity contribution in [3.63, 3.8) is 0 Å². The van der Waals surface area contributed by atoms with Crippen LogP contribution >= 0.6 is 0 Å². The van der Waals surface area contributed by atoms with Crippen LogP contribution in [0.15, 0.2) is 24.3 Å². The molecule has 1 aromatic carbocycles. The molecule has 3 rings (SSSR count). The standard InChI is InChI=1S/C18H24N2O4/c1-13(2)24-15-5-3-14(4-6-15)16-11-17(21)20(18(16)22)12-19-7-9-23-10-8-19/h3-6,13,16H,7-12H2,1-2H3/p+1/t16-/m1/s1. The van der Waals surface area contributed by atoms with Crippen LogP contribution in [0.4, 0.5) is 0 Å². The van der Waals surface area contributed by atoms with E-state index >= 15 is 0 Å². The molecule has 1 N–H and O–H groups in total. The Morgan fingerprint density at radius 3 is 2.50 bits per heavy atom. The summed E-state index contributed by atoms with van der Waals surface area (Å²) in [6.45, 7) is 7.44. The van der Waals surface area contributed by atoms with Crippen molar-refractivity contribution in [3.05, 3.63) is 29.8 Å². The number of amides is 2. The lowest BCUT2D eigenvalue weighted by Crippen LogP contribution is -3.15. The van der Waals surface area contributed by atoms with E-state index in [4.69, 9.17) is 9.47 Å². The van der Waals surface area contributed by atoms with E-state index in [0.29, 0.717) is 19.9 Å². The number of carbonyl (C=O) groups excluding carboxylic acids is 2. The molecule has 1 aromatic rings. The fourth-order valence-corrected chi connectivity index (χ4v) is 3.20. The number of morpholine rings is 1. The second kappa shape index (κ2) is 7.32. The van der Waals surface area contributed by atoms with Gasteiger partial charge in [0.1, 0.15) is 18.8 Å². The SMILES string of the molecule is CC(C)Oc1ccc([C@H]2CC(=O)N(C[NH+]3CCOCC3)C2=O)cc1. The molecule has 0 aliphatic carbocycles. The Kier molecular flexibility index (Phi) is 5.16. The molecule has 1 atom stereocenters. The van der Waals surface area contributed by atoms with Crippen molar-refractivity contribution in [3.8, 4) is 5.75 Å². The number of hydrogen-bond acceptors (Lipinski definition) is 4. The van der Waals surface area contributed by atoms with Crippen molar-refractivity contribution < 1.29 is 24.0 Å². The van der Waals surface area contributed by atoms with E-state index < -0.39 is 0 Å². The minimum atomic E-state index is -0.369. The maximum absolute atomic E-state index is 12.7. The molecule has 2 amide bonds. The Hall–Kier alpha value is -1.92. The van der Waals surface area contributed by atoms with Crippen LogP contribution < -0.4 is 9.64 Å². The number of ether oxygens (including phenoxy) is 2. The quantitative estimate of drug-likeness (QED) is 0.782. The maximum Gasteiger partial charge on any atom is 0.241 e. The van der Waals surface area contributed by atoms with Gasteiger partial charge in [0.2, 0.25) is 11.8 Å². The molecule has 0 saturated carbocycles. The van der Waals surface area contributed by atoms with E-state index in [1.54, 1.807) is 0 Å². The van der Waals surface area contributed by atoms with Gasteiger partial charge in [0.05, 0.1) is 25.2 Å². The Labute approximate surface area is 142 Å². The van der Waals surface area contributed by atoms with Gasteiger partial charge in [-0.3, -0.25) is 9.59 Å². The largest absolute Gasteiger partial charge is 0.491 e. The van der Waals surface area contributed by atoms with Crippen LogP contribution in [0.5, 0.6) is 5.75 Å². The van der Waals surface area contributed by atoms with Crippen molar-refractivity contribution in [2.24, 2.45) is 0 Å². The molecule has 0 spiro atoms. The molecule has 0 bridgehead atoms. The highest BCUT2D eigenvalue weighted by Crippen LogP contribution is 2.30. The van der Waals surface area contributed by atoms with Crippen LogP contribution in [-0.4, -0.2) is 55.8 Å². The van der Waals surface area contributed by atoms with Crippen molar-refractivity contribution in [1.29, 1.82) is 0 Å². The molecule has 6 heteroatoms. The lowest BCUT2D eigenvalue weighted by Gasteiger charge is -2.27. The van der Waals surface area contributed by atoms with Crippen molar-refractivity contribution in [2.75, 3.05) is 33.0 Å². The van der Waals surface area contributed by atoms with E-state index in [0.717, 1.165) is 24.4 Å². The van der Waals surface area contributed by atoms with Gasteiger partial charge in [-0.2, -0.15) is 0 Å². The first kappa shape index (κ1) is 16.9. The number of quaternary nitrogens is 1. The van der Waals surface area contributed by atoms with E-state index in [1.807, 2.05) is 38.1 Å². The summed E-state index contributed by atoms with van der Waals surface area (Å²) >= 11 is 0. The molecule has 0 radical (unpaired) electrons.